The van der Waals surface area contributed by atoms with Crippen LogP contribution >= 0.6 is 0 Å². The van der Waals surface area contributed by atoms with Crippen LogP contribution in [0.3, 0.4) is 0 Å². The van der Waals surface area contributed by atoms with Crippen LogP contribution in [0.1, 0.15) is 65.5 Å². The summed E-state index contributed by atoms with van der Waals surface area (Å²) in [5, 5.41) is 15.5. The van der Waals surface area contributed by atoms with E-state index in [9.17, 15) is 24.3 Å². The zero-order chi connectivity index (χ0) is 37.6. The molecule has 4 rings (SSSR count). The molecule has 2 aromatic rings. The Morgan fingerprint density at radius 2 is 1.08 bits per heavy atom. The first-order valence-corrected chi connectivity index (χ1v) is 17.1. The molecule has 4 amide bonds. The Morgan fingerprint density at radius 1 is 0.667 bits per heavy atom. The number of nitrogens with zero attached hydrogens (tertiary/aromatic N) is 2. The zero-order valence-electron chi connectivity index (χ0n) is 30.8. The highest BCUT2D eigenvalue weighted by Gasteiger charge is 2.33. The monoisotopic (exact) mass is 714 g/mol. The predicted octanol–water partition coefficient (Wildman–Crippen LogP) is 5.22. The quantitative estimate of drug-likeness (QED) is 0.324. The van der Waals surface area contributed by atoms with Crippen molar-refractivity contribution in [1.29, 1.82) is 0 Å². The lowest BCUT2D eigenvalue weighted by molar-refractivity contribution is 0.00545. The van der Waals surface area contributed by atoms with Crippen LogP contribution in [-0.4, -0.2) is 108 Å². The molecule has 2 saturated heterocycles. The third-order valence-corrected chi connectivity index (χ3v) is 7.54. The van der Waals surface area contributed by atoms with Crippen LogP contribution < -0.4 is 10.6 Å². The van der Waals surface area contributed by atoms with Crippen molar-refractivity contribution in [2.45, 2.75) is 103 Å². The molecule has 4 atom stereocenters. The van der Waals surface area contributed by atoms with Gasteiger partial charge >= 0.3 is 24.4 Å². The van der Waals surface area contributed by atoms with Gasteiger partial charge < -0.3 is 49.2 Å². The minimum atomic E-state index is -0.724. The van der Waals surface area contributed by atoms with Gasteiger partial charge in [0, 0.05) is 20.2 Å². The van der Waals surface area contributed by atoms with E-state index in [4.69, 9.17) is 23.7 Å². The van der Waals surface area contributed by atoms with Crippen molar-refractivity contribution in [2.75, 3.05) is 33.3 Å². The molecule has 2 fully saturated rings. The Balaban J connectivity index is 0.000000276. The van der Waals surface area contributed by atoms with Crippen molar-refractivity contribution in [3.8, 4) is 0 Å². The van der Waals surface area contributed by atoms with E-state index in [2.05, 4.69) is 10.6 Å². The number of rotatable bonds is 7. The zero-order valence-corrected chi connectivity index (χ0v) is 30.8. The number of carbonyl (C=O) groups excluding carboxylic acids is 4. The molecule has 282 valence electrons. The fraction of sp³-hybridized carbons (Fsp3) is 0.568. The molecule has 0 saturated carbocycles. The molecule has 0 radical (unpaired) electrons. The lowest BCUT2D eigenvalue weighted by Crippen LogP contribution is -2.55. The van der Waals surface area contributed by atoms with E-state index < -0.39 is 41.7 Å². The maximum absolute atomic E-state index is 12.4. The number of alkyl carbamates (subject to hydrolysis) is 2. The van der Waals surface area contributed by atoms with E-state index in [-0.39, 0.29) is 44.5 Å². The van der Waals surface area contributed by atoms with Crippen molar-refractivity contribution < 1.29 is 48.0 Å². The van der Waals surface area contributed by atoms with Crippen molar-refractivity contribution in [1.82, 2.24) is 20.4 Å². The van der Waals surface area contributed by atoms with Crippen molar-refractivity contribution >= 4 is 24.4 Å². The first-order valence-electron chi connectivity index (χ1n) is 17.1. The third-order valence-electron chi connectivity index (χ3n) is 7.54. The number of ether oxygens (including phenoxy) is 5. The summed E-state index contributed by atoms with van der Waals surface area (Å²) in [6.07, 6.45) is -1.93. The molecule has 0 aliphatic carbocycles. The number of piperidine rings is 2. The molecule has 2 aliphatic heterocycles. The van der Waals surface area contributed by atoms with Gasteiger partial charge in [0.15, 0.2) is 0 Å². The third kappa shape index (κ3) is 15.9. The topological polar surface area (TPSA) is 165 Å². The van der Waals surface area contributed by atoms with E-state index >= 15 is 0 Å². The fourth-order valence-electron chi connectivity index (χ4n) is 5.37. The highest BCUT2D eigenvalue weighted by molar-refractivity contribution is 5.70. The van der Waals surface area contributed by atoms with E-state index in [1.165, 1.54) is 4.90 Å². The van der Waals surface area contributed by atoms with Gasteiger partial charge in [0.1, 0.15) is 24.4 Å². The lowest BCUT2D eigenvalue weighted by atomic mass is 10.0. The van der Waals surface area contributed by atoms with E-state index in [0.717, 1.165) is 11.1 Å². The Hall–Kier alpha value is -4.56. The number of amides is 4. The molecule has 2 aliphatic rings. The molecule has 14 heteroatoms. The average Bonchev–Trinajstić information content (AvgIpc) is 3.05. The molecule has 14 nitrogen and oxygen atoms in total. The largest absolute Gasteiger partial charge is 0.445 e. The first kappa shape index (κ1) is 40.9. The number of carbonyl (C=O) groups is 4. The minimum Gasteiger partial charge on any atom is -0.445 e. The molecular formula is C37H54N4O10. The highest BCUT2D eigenvalue weighted by atomic mass is 16.6. The second-order valence-corrected chi connectivity index (χ2v) is 14.6. The van der Waals surface area contributed by atoms with Gasteiger partial charge in [0.05, 0.1) is 37.4 Å². The molecule has 51 heavy (non-hydrogen) atoms. The number of nitrogens with one attached hydrogen (secondary N) is 2. The predicted molar refractivity (Wildman–Crippen MR) is 189 cm³/mol. The smallest absolute Gasteiger partial charge is 0.410 e. The van der Waals surface area contributed by atoms with Crippen LogP contribution in [0.15, 0.2) is 60.7 Å². The molecule has 3 N–H and O–H groups in total. The molecule has 0 unspecified atom stereocenters. The summed E-state index contributed by atoms with van der Waals surface area (Å²) in [5.41, 5.74) is 0.626. The van der Waals surface area contributed by atoms with Crippen LogP contribution in [0.4, 0.5) is 19.2 Å². The van der Waals surface area contributed by atoms with E-state index in [1.54, 1.807) is 53.6 Å². The summed E-state index contributed by atoms with van der Waals surface area (Å²) in [6.45, 7) is 12.3. The van der Waals surface area contributed by atoms with Crippen LogP contribution in [0, 0.1) is 0 Å². The van der Waals surface area contributed by atoms with E-state index in [0.29, 0.717) is 25.9 Å². The van der Waals surface area contributed by atoms with Crippen LogP contribution in [-0.2, 0) is 36.9 Å². The highest BCUT2D eigenvalue weighted by Crippen LogP contribution is 2.17. The number of β-amino-alcohol motifs (C(OH)–C–C–N with tert-alkyl or cyclic N) is 1. The maximum Gasteiger partial charge on any atom is 0.410 e. The number of methoxy groups -OCH3 is 1. The summed E-state index contributed by atoms with van der Waals surface area (Å²) in [5.74, 6) is 0. The second-order valence-electron chi connectivity index (χ2n) is 14.6. The number of hydrogen-bond donors (Lipinski definition) is 3. The average molecular weight is 715 g/mol. The number of aliphatic hydroxyl groups excluding tert-OH is 1. The standard InChI is InChI=1S/C19H28N2O5.C18H26N2O5/c1-19(2,3)26-17(22)20-15-10-16(24-4)12-21(11-15)18(23)25-13-14-8-6-5-7-9-14;1-18(2,3)25-16(22)19-14-9-15(21)11-20(10-14)17(23)24-12-13-7-5-4-6-8-13/h5-9,15-16H,10-13H2,1-4H3,(H,20,22);4-8,14-15,21H,9-12H2,1-3H3,(H,19,22)/t15-,16+;14-,15+/m00/s1. The van der Waals surface area contributed by atoms with Crippen LogP contribution in [0.2, 0.25) is 0 Å². The Kier molecular flexibility index (Phi) is 15.4. The summed E-state index contributed by atoms with van der Waals surface area (Å²) in [7, 11) is 1.59. The molecule has 2 aromatic carbocycles. The van der Waals surface area contributed by atoms with Crippen molar-refractivity contribution in [2.24, 2.45) is 0 Å². The molecule has 2 heterocycles. The number of benzene rings is 2. The van der Waals surface area contributed by atoms with Crippen molar-refractivity contribution in [3.05, 3.63) is 71.8 Å². The van der Waals surface area contributed by atoms with Gasteiger partial charge in [-0.25, -0.2) is 19.2 Å². The minimum absolute atomic E-state index is 0.163. The molecule has 0 spiro atoms. The summed E-state index contributed by atoms with van der Waals surface area (Å²) in [4.78, 5) is 51.5. The number of aliphatic hydroxyl groups is 1. The second kappa shape index (κ2) is 19.2. The fourth-order valence-corrected chi connectivity index (χ4v) is 5.37. The summed E-state index contributed by atoms with van der Waals surface area (Å²) < 4.78 is 26.6. The normalized spacial score (nSPS) is 20.5. The van der Waals surface area contributed by atoms with Crippen molar-refractivity contribution in [3.63, 3.8) is 0 Å². The maximum atomic E-state index is 12.4. The molecular weight excluding hydrogens is 660 g/mol. The van der Waals surface area contributed by atoms with Gasteiger partial charge in [0.25, 0.3) is 0 Å². The van der Waals surface area contributed by atoms with Crippen LogP contribution in [0.25, 0.3) is 0 Å². The first-order chi connectivity index (χ1) is 24.0. The van der Waals surface area contributed by atoms with Gasteiger partial charge in [-0.1, -0.05) is 60.7 Å². The van der Waals surface area contributed by atoms with Gasteiger partial charge in [-0.05, 0) is 65.5 Å². The SMILES string of the molecule is CC(C)(C)OC(=O)N[C@H]1C[C@@H](O)CN(C(=O)OCc2ccccc2)C1.CO[C@@H]1C[C@H](NC(=O)OC(C)(C)C)CN(C(=O)OCc2ccccc2)C1. The number of likely N-dealkylation sites (tertiary alicyclic amines) is 2. The van der Waals surface area contributed by atoms with Crippen LogP contribution in [0.5, 0.6) is 0 Å². The summed E-state index contributed by atoms with van der Waals surface area (Å²) >= 11 is 0. The Bertz CT molecular complexity index is 1400. The Labute approximate surface area is 300 Å². The van der Waals surface area contributed by atoms with Gasteiger partial charge in [-0.15, -0.1) is 0 Å². The lowest BCUT2D eigenvalue weighted by Gasteiger charge is -2.36. The molecule has 0 bridgehead atoms. The summed E-state index contributed by atoms with van der Waals surface area (Å²) in [6, 6.07) is 18.2. The number of hydrogen-bond acceptors (Lipinski definition) is 10. The van der Waals surface area contributed by atoms with Gasteiger partial charge in [-0.3, -0.25) is 0 Å². The van der Waals surface area contributed by atoms with E-state index in [1.807, 2.05) is 60.7 Å². The molecule has 0 aromatic heterocycles. The Morgan fingerprint density at radius 3 is 1.49 bits per heavy atom. The van der Waals surface area contributed by atoms with Gasteiger partial charge in [0.2, 0.25) is 0 Å². The van der Waals surface area contributed by atoms with Gasteiger partial charge in [-0.2, -0.15) is 0 Å².